The summed E-state index contributed by atoms with van der Waals surface area (Å²) in [6.07, 6.45) is 6.07. The zero-order chi connectivity index (χ0) is 27.8. The van der Waals surface area contributed by atoms with Crippen molar-refractivity contribution in [1.29, 1.82) is 0 Å². The Hall–Kier alpha value is -4.59. The lowest BCUT2D eigenvalue weighted by molar-refractivity contribution is -0.130. The van der Waals surface area contributed by atoms with Gasteiger partial charge in [-0.2, -0.15) is 0 Å². The molecule has 3 amide bonds. The molecule has 1 saturated heterocycles. The normalized spacial score (nSPS) is 14.7. The molecule has 1 atom stereocenters. The van der Waals surface area contributed by atoms with E-state index in [1.165, 1.54) is 14.2 Å². The van der Waals surface area contributed by atoms with Crippen LogP contribution in [0.5, 0.6) is 5.75 Å². The molecule has 1 fully saturated rings. The molecule has 0 spiro atoms. The molecule has 4 rings (SSSR count). The lowest BCUT2D eigenvalue weighted by Gasteiger charge is -2.22. The smallest absolute Gasteiger partial charge is 0.337 e. The number of carbonyl (C=O) groups is 3. The molecule has 0 saturated carbocycles. The summed E-state index contributed by atoms with van der Waals surface area (Å²) in [6, 6.07) is 19.7. The van der Waals surface area contributed by atoms with Crippen molar-refractivity contribution in [3.63, 3.8) is 0 Å². The van der Waals surface area contributed by atoms with Crippen molar-refractivity contribution in [3.8, 4) is 5.75 Å². The van der Waals surface area contributed by atoms with Gasteiger partial charge in [-0.05, 0) is 66.8 Å². The van der Waals surface area contributed by atoms with Crippen LogP contribution in [0.15, 0.2) is 72.8 Å². The van der Waals surface area contributed by atoms with Crippen LogP contribution in [0.1, 0.15) is 39.9 Å². The van der Waals surface area contributed by atoms with Crippen LogP contribution in [0.2, 0.25) is 0 Å². The summed E-state index contributed by atoms with van der Waals surface area (Å²) in [4.78, 5) is 39.3. The van der Waals surface area contributed by atoms with Crippen LogP contribution in [-0.4, -0.2) is 49.6 Å². The molecule has 1 unspecified atom stereocenters. The van der Waals surface area contributed by atoms with Crippen LogP contribution >= 0.6 is 0 Å². The maximum Gasteiger partial charge on any atom is 0.337 e. The second-order valence-corrected chi connectivity index (χ2v) is 9.37. The first-order chi connectivity index (χ1) is 18.9. The van der Waals surface area contributed by atoms with Gasteiger partial charge in [0.25, 0.3) is 0 Å². The Kier molecular flexibility index (Phi) is 8.99. The Morgan fingerprint density at radius 2 is 1.72 bits per heavy atom. The fraction of sp³-hybridized carbons (Fsp3) is 0.258. The predicted molar refractivity (Wildman–Crippen MR) is 152 cm³/mol. The Labute approximate surface area is 228 Å². The number of ether oxygens (including phenoxy) is 2. The molecule has 3 aromatic rings. The number of amides is 3. The molecule has 0 aliphatic carbocycles. The predicted octanol–water partition coefficient (Wildman–Crippen LogP) is 5.68. The number of urea groups is 1. The first-order valence-corrected chi connectivity index (χ1v) is 12.8. The Morgan fingerprint density at radius 3 is 2.44 bits per heavy atom. The number of para-hydroxylation sites is 1. The van der Waals surface area contributed by atoms with E-state index in [1.807, 2.05) is 66.4 Å². The molecular weight excluding hydrogens is 494 g/mol. The highest BCUT2D eigenvalue weighted by Gasteiger charge is 2.27. The third kappa shape index (κ3) is 7.04. The number of anilines is 2. The van der Waals surface area contributed by atoms with E-state index >= 15 is 0 Å². The van der Waals surface area contributed by atoms with Crippen molar-refractivity contribution in [1.82, 2.24) is 4.90 Å². The van der Waals surface area contributed by atoms with Crippen molar-refractivity contribution >= 4 is 35.4 Å². The molecule has 0 aromatic heterocycles. The average Bonchev–Trinajstić information content (AvgIpc) is 3.43. The second-order valence-electron chi connectivity index (χ2n) is 9.37. The van der Waals surface area contributed by atoms with E-state index in [-0.39, 0.29) is 30.4 Å². The molecule has 1 heterocycles. The van der Waals surface area contributed by atoms with Gasteiger partial charge in [0.1, 0.15) is 5.75 Å². The standard InChI is InChI=1S/C31H33N3O5/c1-21-7-4-5-9-26(21)32-31(37)33-27-17-13-23(19-28(27)38-2)20-29(35)34-18-6-8-25(34)16-12-22-10-14-24(15-11-22)30(36)39-3/h4-5,7,9-17,19,25H,6,8,18,20H2,1-3H3,(H2,32,33,37)/b16-12+. The van der Waals surface area contributed by atoms with Crippen LogP contribution in [-0.2, 0) is 16.0 Å². The van der Waals surface area contributed by atoms with Gasteiger partial charge < -0.3 is 25.0 Å². The number of hydrogen-bond donors (Lipinski definition) is 2. The zero-order valence-electron chi connectivity index (χ0n) is 22.4. The fourth-order valence-electron chi connectivity index (χ4n) is 4.59. The summed E-state index contributed by atoms with van der Waals surface area (Å²) in [5.74, 6) is 0.140. The summed E-state index contributed by atoms with van der Waals surface area (Å²) >= 11 is 0. The lowest BCUT2D eigenvalue weighted by Crippen LogP contribution is -2.35. The highest BCUT2D eigenvalue weighted by Crippen LogP contribution is 2.28. The van der Waals surface area contributed by atoms with Crippen LogP contribution in [0.4, 0.5) is 16.2 Å². The molecule has 8 nitrogen and oxygen atoms in total. The Bertz CT molecular complexity index is 1370. The highest BCUT2D eigenvalue weighted by atomic mass is 16.5. The van der Waals surface area contributed by atoms with Gasteiger partial charge in [0, 0.05) is 12.2 Å². The first kappa shape index (κ1) is 27.4. The second kappa shape index (κ2) is 12.8. The van der Waals surface area contributed by atoms with Gasteiger partial charge in [0.2, 0.25) is 5.91 Å². The fourth-order valence-corrected chi connectivity index (χ4v) is 4.59. The molecule has 2 N–H and O–H groups in total. The minimum atomic E-state index is -0.377. The summed E-state index contributed by atoms with van der Waals surface area (Å²) in [7, 11) is 2.89. The summed E-state index contributed by atoms with van der Waals surface area (Å²) < 4.78 is 10.2. The molecule has 0 bridgehead atoms. The highest BCUT2D eigenvalue weighted by molar-refractivity contribution is 6.01. The number of aryl methyl sites for hydroxylation is 1. The number of nitrogens with one attached hydrogen (secondary N) is 2. The van der Waals surface area contributed by atoms with Crippen LogP contribution in [0.25, 0.3) is 6.08 Å². The molecule has 3 aromatic carbocycles. The van der Waals surface area contributed by atoms with Crippen molar-refractivity contribution < 1.29 is 23.9 Å². The molecule has 0 radical (unpaired) electrons. The van der Waals surface area contributed by atoms with Crippen molar-refractivity contribution in [3.05, 3.63) is 95.1 Å². The molecule has 1 aliphatic heterocycles. The van der Waals surface area contributed by atoms with Gasteiger partial charge in [0.05, 0.1) is 37.9 Å². The van der Waals surface area contributed by atoms with Gasteiger partial charge in [0.15, 0.2) is 0 Å². The van der Waals surface area contributed by atoms with Crippen molar-refractivity contribution in [2.24, 2.45) is 0 Å². The SMILES string of the molecule is COC(=O)c1ccc(/C=C/C2CCCN2C(=O)Cc2ccc(NC(=O)Nc3ccccc3C)c(OC)c2)cc1. The lowest BCUT2D eigenvalue weighted by atomic mass is 10.1. The van der Waals surface area contributed by atoms with E-state index in [0.29, 0.717) is 23.5 Å². The van der Waals surface area contributed by atoms with E-state index < -0.39 is 0 Å². The quantitative estimate of drug-likeness (QED) is 0.367. The molecule has 8 heteroatoms. The number of rotatable bonds is 8. The van der Waals surface area contributed by atoms with E-state index in [4.69, 9.17) is 9.47 Å². The van der Waals surface area contributed by atoms with Gasteiger partial charge in [-0.25, -0.2) is 9.59 Å². The average molecular weight is 528 g/mol. The van der Waals surface area contributed by atoms with Crippen LogP contribution in [0.3, 0.4) is 0 Å². The van der Waals surface area contributed by atoms with Gasteiger partial charge >= 0.3 is 12.0 Å². The summed E-state index contributed by atoms with van der Waals surface area (Å²) in [5.41, 5.74) is 4.44. The number of carbonyl (C=O) groups excluding carboxylic acids is 3. The number of likely N-dealkylation sites (tertiary alicyclic amines) is 1. The minimum absolute atomic E-state index is 0.00533. The Balaban J connectivity index is 1.37. The van der Waals surface area contributed by atoms with Crippen molar-refractivity contribution in [2.45, 2.75) is 32.2 Å². The van der Waals surface area contributed by atoms with E-state index in [0.717, 1.165) is 35.2 Å². The summed E-state index contributed by atoms with van der Waals surface area (Å²) in [5, 5.41) is 5.66. The van der Waals surface area contributed by atoms with Crippen LogP contribution < -0.4 is 15.4 Å². The van der Waals surface area contributed by atoms with Gasteiger partial charge in [-0.3, -0.25) is 4.79 Å². The number of methoxy groups -OCH3 is 2. The number of hydrogen-bond acceptors (Lipinski definition) is 5. The first-order valence-electron chi connectivity index (χ1n) is 12.8. The van der Waals surface area contributed by atoms with Crippen molar-refractivity contribution in [2.75, 3.05) is 31.4 Å². The molecular formula is C31H33N3O5. The van der Waals surface area contributed by atoms with E-state index in [1.54, 1.807) is 24.3 Å². The zero-order valence-corrected chi connectivity index (χ0v) is 22.4. The minimum Gasteiger partial charge on any atom is -0.495 e. The maximum atomic E-state index is 13.2. The number of benzene rings is 3. The largest absolute Gasteiger partial charge is 0.495 e. The topological polar surface area (TPSA) is 97.0 Å². The molecule has 202 valence electrons. The third-order valence-corrected chi connectivity index (χ3v) is 6.72. The monoisotopic (exact) mass is 527 g/mol. The van der Waals surface area contributed by atoms with Gasteiger partial charge in [-0.15, -0.1) is 0 Å². The molecule has 1 aliphatic rings. The maximum absolute atomic E-state index is 13.2. The summed E-state index contributed by atoms with van der Waals surface area (Å²) in [6.45, 7) is 2.62. The number of nitrogens with zero attached hydrogens (tertiary/aromatic N) is 1. The number of esters is 1. The Morgan fingerprint density at radius 1 is 0.974 bits per heavy atom. The molecule has 39 heavy (non-hydrogen) atoms. The van der Waals surface area contributed by atoms with Crippen LogP contribution in [0, 0.1) is 6.92 Å². The van der Waals surface area contributed by atoms with E-state index in [2.05, 4.69) is 10.6 Å². The van der Waals surface area contributed by atoms with E-state index in [9.17, 15) is 14.4 Å². The third-order valence-electron chi connectivity index (χ3n) is 6.72. The van der Waals surface area contributed by atoms with Gasteiger partial charge in [-0.1, -0.05) is 48.6 Å².